The number of hydrogen-bond donors (Lipinski definition) is 0. The normalized spacial score (nSPS) is 15.1. The predicted octanol–water partition coefficient (Wildman–Crippen LogP) is 5.24. The third-order valence-electron chi connectivity index (χ3n) is 4.08. The first-order chi connectivity index (χ1) is 13.6. The summed E-state index contributed by atoms with van der Waals surface area (Å²) in [4.78, 5) is 19.3. The molecule has 0 saturated carbocycles. The van der Waals surface area contributed by atoms with Gasteiger partial charge >= 0.3 is 0 Å². The first-order valence-corrected chi connectivity index (χ1v) is 10.2. The van der Waals surface area contributed by atoms with E-state index in [1.54, 1.807) is 55.2 Å². The fourth-order valence-corrected chi connectivity index (χ4v) is 3.72. The molecule has 5 nitrogen and oxygen atoms in total. The number of benzene rings is 2. The zero-order valence-electron chi connectivity index (χ0n) is 15.9. The molecule has 0 unspecified atom stereocenters. The molecule has 0 radical (unpaired) electrons. The Kier molecular flexibility index (Phi) is 6.65. The number of methoxy groups -OCH3 is 2. The molecule has 0 atom stereocenters. The van der Waals surface area contributed by atoms with Gasteiger partial charge in [-0.05, 0) is 42.3 Å². The molecule has 0 N–H and O–H groups in total. The Morgan fingerprint density at radius 2 is 1.89 bits per heavy atom. The van der Waals surface area contributed by atoms with Crippen LogP contribution in [0, 0.1) is 0 Å². The summed E-state index contributed by atoms with van der Waals surface area (Å²) in [6, 6.07) is 12.7. The maximum absolute atomic E-state index is 13.1. The summed E-state index contributed by atoms with van der Waals surface area (Å²) in [5.74, 6) is 1.96. The number of rotatable bonds is 6. The molecule has 1 aliphatic heterocycles. The number of thioether (sulfide) groups is 1. The van der Waals surface area contributed by atoms with Gasteiger partial charge in [0, 0.05) is 11.8 Å². The lowest BCUT2D eigenvalue weighted by atomic mass is 10.2. The fraction of sp³-hybridized carbons (Fsp3) is 0.238. The average molecular weight is 417 g/mol. The van der Waals surface area contributed by atoms with Crippen molar-refractivity contribution in [1.82, 2.24) is 0 Å². The van der Waals surface area contributed by atoms with Gasteiger partial charge in [0.15, 0.2) is 5.17 Å². The lowest BCUT2D eigenvalue weighted by molar-refractivity contribution is -0.113. The van der Waals surface area contributed by atoms with Crippen LogP contribution in [0.4, 0.5) is 5.69 Å². The second kappa shape index (κ2) is 9.17. The molecule has 0 aliphatic carbocycles. The third kappa shape index (κ3) is 4.34. The van der Waals surface area contributed by atoms with Crippen molar-refractivity contribution < 1.29 is 14.3 Å². The number of carbonyl (C=O) groups excluding carboxylic acids is 1. The van der Waals surface area contributed by atoms with Crippen molar-refractivity contribution in [2.75, 3.05) is 24.9 Å². The van der Waals surface area contributed by atoms with Crippen LogP contribution in [-0.4, -0.2) is 31.0 Å². The second-order valence-electron chi connectivity index (χ2n) is 6.00. The smallest absolute Gasteiger partial charge is 0.283 e. The van der Waals surface area contributed by atoms with E-state index in [-0.39, 0.29) is 5.91 Å². The molecule has 0 bridgehead atoms. The minimum atomic E-state index is -0.182. The molecule has 146 valence electrons. The zero-order chi connectivity index (χ0) is 20.1. The van der Waals surface area contributed by atoms with Gasteiger partial charge in [-0.2, -0.15) is 0 Å². The molecule has 7 heteroatoms. The van der Waals surface area contributed by atoms with E-state index in [4.69, 9.17) is 21.1 Å². The van der Waals surface area contributed by atoms with E-state index in [0.29, 0.717) is 27.3 Å². The van der Waals surface area contributed by atoms with E-state index >= 15 is 0 Å². The molecular weight excluding hydrogens is 396 g/mol. The number of carbonyl (C=O) groups is 1. The maximum atomic E-state index is 13.1. The minimum absolute atomic E-state index is 0.182. The van der Waals surface area contributed by atoms with Crippen molar-refractivity contribution in [2.45, 2.75) is 13.3 Å². The van der Waals surface area contributed by atoms with Crippen LogP contribution in [-0.2, 0) is 4.79 Å². The van der Waals surface area contributed by atoms with E-state index in [9.17, 15) is 4.79 Å². The molecular formula is C21H21ClN2O3S. The Hall–Kier alpha value is -2.44. The van der Waals surface area contributed by atoms with Crippen molar-refractivity contribution in [2.24, 2.45) is 4.99 Å². The number of hydrogen-bond acceptors (Lipinski definition) is 5. The first-order valence-electron chi connectivity index (χ1n) is 8.82. The lowest BCUT2D eigenvalue weighted by Crippen LogP contribution is -2.30. The van der Waals surface area contributed by atoms with Crippen LogP contribution in [0.2, 0.25) is 5.02 Å². The Balaban J connectivity index is 1.97. The molecule has 0 spiro atoms. The predicted molar refractivity (Wildman–Crippen MR) is 117 cm³/mol. The number of ether oxygens (including phenoxy) is 2. The van der Waals surface area contributed by atoms with Gasteiger partial charge < -0.3 is 9.47 Å². The average Bonchev–Trinajstić information content (AvgIpc) is 3.02. The number of halogens is 1. The van der Waals surface area contributed by atoms with Crippen LogP contribution in [0.15, 0.2) is 53.2 Å². The highest BCUT2D eigenvalue weighted by Crippen LogP contribution is 2.34. The number of nitrogens with zero attached hydrogens (tertiary/aromatic N) is 2. The van der Waals surface area contributed by atoms with E-state index in [2.05, 4.69) is 11.9 Å². The molecule has 1 heterocycles. The standard InChI is InChI=1S/C21H21ClN2O3S/c1-4-11-28-21-23-18(12-14-5-8-16(26-2)9-6-14)20(25)24(21)15-7-10-17(22)19(13-15)27-3/h5-10,12-13H,4,11H2,1-3H3. The van der Waals surface area contributed by atoms with Crippen molar-refractivity contribution in [3.8, 4) is 11.5 Å². The Morgan fingerprint density at radius 3 is 2.54 bits per heavy atom. The van der Waals surface area contributed by atoms with Gasteiger partial charge in [-0.15, -0.1) is 0 Å². The van der Waals surface area contributed by atoms with Gasteiger partial charge in [-0.1, -0.05) is 42.4 Å². The largest absolute Gasteiger partial charge is 0.497 e. The number of aliphatic imine (C=N–C) groups is 1. The molecule has 3 rings (SSSR count). The van der Waals surface area contributed by atoms with Crippen LogP contribution in [0.25, 0.3) is 6.08 Å². The van der Waals surface area contributed by atoms with Gasteiger partial charge in [0.2, 0.25) is 0 Å². The van der Waals surface area contributed by atoms with Crippen LogP contribution >= 0.6 is 23.4 Å². The molecule has 2 aromatic carbocycles. The van der Waals surface area contributed by atoms with Gasteiger partial charge in [0.1, 0.15) is 17.2 Å². The molecule has 2 aromatic rings. The molecule has 0 aromatic heterocycles. The summed E-state index contributed by atoms with van der Waals surface area (Å²) in [5.41, 5.74) is 1.94. The molecule has 28 heavy (non-hydrogen) atoms. The van der Waals surface area contributed by atoms with Crippen molar-refractivity contribution in [3.05, 3.63) is 58.7 Å². The molecule has 0 fully saturated rings. The summed E-state index contributed by atoms with van der Waals surface area (Å²) < 4.78 is 10.5. The fourth-order valence-electron chi connectivity index (χ4n) is 2.66. The van der Waals surface area contributed by atoms with E-state index in [1.165, 1.54) is 0 Å². The van der Waals surface area contributed by atoms with Crippen molar-refractivity contribution >= 4 is 46.2 Å². The van der Waals surface area contributed by atoms with E-state index in [0.717, 1.165) is 23.5 Å². The monoisotopic (exact) mass is 416 g/mol. The summed E-state index contributed by atoms with van der Waals surface area (Å²) in [6.45, 7) is 2.09. The summed E-state index contributed by atoms with van der Waals surface area (Å²) in [5, 5.41) is 1.14. The summed E-state index contributed by atoms with van der Waals surface area (Å²) in [6.07, 6.45) is 2.76. The van der Waals surface area contributed by atoms with Crippen LogP contribution in [0.3, 0.4) is 0 Å². The van der Waals surface area contributed by atoms with Crippen molar-refractivity contribution in [1.29, 1.82) is 0 Å². The quantitative estimate of drug-likeness (QED) is 0.604. The zero-order valence-corrected chi connectivity index (χ0v) is 17.5. The summed E-state index contributed by atoms with van der Waals surface area (Å²) in [7, 11) is 3.17. The molecule has 1 aliphatic rings. The number of amidine groups is 1. The Bertz CT molecular complexity index is 926. The van der Waals surface area contributed by atoms with Gasteiger partial charge in [0.05, 0.1) is 24.9 Å². The van der Waals surface area contributed by atoms with Crippen molar-refractivity contribution in [3.63, 3.8) is 0 Å². The Labute approximate surface area is 174 Å². The lowest BCUT2D eigenvalue weighted by Gasteiger charge is -2.18. The van der Waals surface area contributed by atoms with Crippen LogP contribution in [0.1, 0.15) is 18.9 Å². The highest BCUT2D eigenvalue weighted by molar-refractivity contribution is 8.14. The maximum Gasteiger partial charge on any atom is 0.283 e. The first kappa shape index (κ1) is 20.3. The topological polar surface area (TPSA) is 51.1 Å². The second-order valence-corrected chi connectivity index (χ2v) is 7.47. The number of anilines is 1. The highest BCUT2D eigenvalue weighted by Gasteiger charge is 2.32. The van der Waals surface area contributed by atoms with E-state index in [1.807, 2.05) is 24.3 Å². The number of amides is 1. The van der Waals surface area contributed by atoms with Gasteiger partial charge in [-0.3, -0.25) is 9.69 Å². The Morgan fingerprint density at radius 1 is 1.14 bits per heavy atom. The molecule has 0 saturated heterocycles. The van der Waals surface area contributed by atoms with E-state index < -0.39 is 0 Å². The summed E-state index contributed by atoms with van der Waals surface area (Å²) >= 11 is 7.68. The third-order valence-corrected chi connectivity index (χ3v) is 5.53. The molecule has 1 amide bonds. The minimum Gasteiger partial charge on any atom is -0.497 e. The van der Waals surface area contributed by atoms with Gasteiger partial charge in [-0.25, -0.2) is 4.99 Å². The van der Waals surface area contributed by atoms with Gasteiger partial charge in [0.25, 0.3) is 5.91 Å². The van der Waals surface area contributed by atoms with Crippen LogP contribution in [0.5, 0.6) is 11.5 Å². The van der Waals surface area contributed by atoms with Crippen LogP contribution < -0.4 is 14.4 Å². The highest BCUT2D eigenvalue weighted by atomic mass is 35.5. The SMILES string of the molecule is CCCSC1=NC(=Cc2ccc(OC)cc2)C(=O)N1c1ccc(Cl)c(OC)c1.